The van der Waals surface area contributed by atoms with E-state index in [1.165, 1.54) is 12.0 Å². The second-order valence-corrected chi connectivity index (χ2v) is 8.81. The summed E-state index contributed by atoms with van der Waals surface area (Å²) in [6, 6.07) is 8.49. The molecular formula is C23H32N2O8. The number of carbonyl (C=O) groups excluding carboxylic acids is 4. The number of hydrogen-bond donors (Lipinski definition) is 1. The Labute approximate surface area is 193 Å². The standard InChI is InChI=1S/C23H32N2O8/c1-15-17(12-25(13-20(27)30-5)22(29)33-23(2,3)4)18(11-19(26)32-15)24-21(28)31-14-16-9-7-6-8-10-16/h6-10,15,17-18H,11-14H2,1-5H3,(H,24,28)/t15-,17-,18-/m1/s1. The maximum Gasteiger partial charge on any atom is 0.410 e. The molecule has 1 fully saturated rings. The van der Waals surface area contributed by atoms with Crippen molar-refractivity contribution in [3.05, 3.63) is 35.9 Å². The monoisotopic (exact) mass is 464 g/mol. The van der Waals surface area contributed by atoms with Crippen LogP contribution >= 0.6 is 0 Å². The summed E-state index contributed by atoms with van der Waals surface area (Å²) in [4.78, 5) is 50.2. The Kier molecular flexibility index (Phi) is 9.07. The molecule has 33 heavy (non-hydrogen) atoms. The van der Waals surface area contributed by atoms with E-state index in [2.05, 4.69) is 5.32 Å². The minimum atomic E-state index is -0.783. The molecule has 1 heterocycles. The molecule has 1 saturated heterocycles. The molecule has 3 atom stereocenters. The highest BCUT2D eigenvalue weighted by atomic mass is 16.6. The molecule has 0 saturated carbocycles. The second-order valence-electron chi connectivity index (χ2n) is 8.81. The van der Waals surface area contributed by atoms with Crippen LogP contribution in [0.15, 0.2) is 30.3 Å². The molecule has 1 aromatic carbocycles. The highest BCUT2D eigenvalue weighted by molar-refractivity contribution is 5.78. The van der Waals surface area contributed by atoms with E-state index < -0.39 is 47.8 Å². The summed E-state index contributed by atoms with van der Waals surface area (Å²) < 4.78 is 20.7. The second kappa shape index (κ2) is 11.5. The normalized spacial score (nSPS) is 20.3. The molecule has 2 rings (SSSR count). The van der Waals surface area contributed by atoms with Crippen LogP contribution in [0.4, 0.5) is 9.59 Å². The van der Waals surface area contributed by atoms with Gasteiger partial charge in [-0.1, -0.05) is 30.3 Å². The minimum absolute atomic E-state index is 0.0118. The lowest BCUT2D eigenvalue weighted by Gasteiger charge is -2.38. The van der Waals surface area contributed by atoms with E-state index >= 15 is 0 Å². The van der Waals surface area contributed by atoms with Crippen LogP contribution in [0.2, 0.25) is 0 Å². The van der Waals surface area contributed by atoms with Crippen molar-refractivity contribution in [3.8, 4) is 0 Å². The maximum atomic E-state index is 12.7. The first kappa shape index (κ1) is 26.0. The fourth-order valence-electron chi connectivity index (χ4n) is 3.36. The van der Waals surface area contributed by atoms with Crippen LogP contribution in [-0.2, 0) is 35.1 Å². The van der Waals surface area contributed by atoms with Gasteiger partial charge in [0.05, 0.1) is 19.6 Å². The molecular weight excluding hydrogens is 432 g/mol. The average Bonchev–Trinajstić information content (AvgIpc) is 2.73. The van der Waals surface area contributed by atoms with E-state index in [9.17, 15) is 19.2 Å². The van der Waals surface area contributed by atoms with Crippen LogP contribution in [0.1, 0.15) is 39.7 Å². The summed E-state index contributed by atoms with van der Waals surface area (Å²) in [5, 5.41) is 2.70. The van der Waals surface area contributed by atoms with Crippen molar-refractivity contribution in [2.75, 3.05) is 20.2 Å². The zero-order chi connectivity index (χ0) is 24.6. The lowest BCUT2D eigenvalue weighted by Crippen LogP contribution is -2.55. The molecule has 10 heteroatoms. The van der Waals surface area contributed by atoms with Gasteiger partial charge in [-0.05, 0) is 33.3 Å². The van der Waals surface area contributed by atoms with Gasteiger partial charge in [0, 0.05) is 12.5 Å². The molecule has 10 nitrogen and oxygen atoms in total. The fourth-order valence-corrected chi connectivity index (χ4v) is 3.36. The van der Waals surface area contributed by atoms with E-state index in [1.54, 1.807) is 27.7 Å². The summed E-state index contributed by atoms with van der Waals surface area (Å²) in [5.74, 6) is -1.62. The largest absolute Gasteiger partial charge is 0.468 e. The van der Waals surface area contributed by atoms with E-state index in [1.807, 2.05) is 30.3 Å². The maximum absolute atomic E-state index is 12.7. The molecule has 0 spiro atoms. The topological polar surface area (TPSA) is 120 Å². The van der Waals surface area contributed by atoms with Crippen LogP contribution in [0, 0.1) is 5.92 Å². The number of esters is 2. The van der Waals surface area contributed by atoms with Crippen molar-refractivity contribution in [3.63, 3.8) is 0 Å². The molecule has 0 bridgehead atoms. The first-order chi connectivity index (χ1) is 15.5. The van der Waals surface area contributed by atoms with Crippen molar-refractivity contribution in [1.29, 1.82) is 0 Å². The van der Waals surface area contributed by atoms with E-state index in [0.717, 1.165) is 5.56 Å². The van der Waals surface area contributed by atoms with Gasteiger partial charge in [-0.2, -0.15) is 0 Å². The van der Waals surface area contributed by atoms with Gasteiger partial charge in [0.2, 0.25) is 0 Å². The van der Waals surface area contributed by atoms with Crippen LogP contribution < -0.4 is 5.32 Å². The molecule has 0 aromatic heterocycles. The minimum Gasteiger partial charge on any atom is -0.468 e. The fraction of sp³-hybridized carbons (Fsp3) is 0.565. The molecule has 0 radical (unpaired) electrons. The summed E-state index contributed by atoms with van der Waals surface area (Å²) in [6.07, 6.45) is -2.15. The molecule has 1 aliphatic heterocycles. The van der Waals surface area contributed by atoms with E-state index in [0.29, 0.717) is 0 Å². The van der Waals surface area contributed by atoms with Gasteiger partial charge >= 0.3 is 24.1 Å². The number of ether oxygens (including phenoxy) is 4. The van der Waals surface area contributed by atoms with Crippen molar-refractivity contribution >= 4 is 24.1 Å². The van der Waals surface area contributed by atoms with Gasteiger partial charge in [-0.25, -0.2) is 9.59 Å². The third-order valence-electron chi connectivity index (χ3n) is 4.97. The first-order valence-corrected chi connectivity index (χ1v) is 10.7. The zero-order valence-electron chi connectivity index (χ0n) is 19.7. The van der Waals surface area contributed by atoms with Crippen molar-refractivity contribution in [2.24, 2.45) is 5.92 Å². The van der Waals surface area contributed by atoms with Gasteiger partial charge in [-0.15, -0.1) is 0 Å². The lowest BCUT2D eigenvalue weighted by molar-refractivity contribution is -0.160. The number of nitrogens with zero attached hydrogens (tertiary/aromatic N) is 1. The molecule has 182 valence electrons. The van der Waals surface area contributed by atoms with Crippen LogP contribution in [0.3, 0.4) is 0 Å². The number of amides is 2. The Morgan fingerprint density at radius 1 is 1.18 bits per heavy atom. The zero-order valence-corrected chi connectivity index (χ0v) is 19.7. The Hall–Kier alpha value is -3.30. The number of nitrogens with one attached hydrogen (secondary N) is 1. The number of hydrogen-bond acceptors (Lipinski definition) is 8. The van der Waals surface area contributed by atoms with Gasteiger partial charge in [0.15, 0.2) is 0 Å². The molecule has 0 unspecified atom stereocenters. The third kappa shape index (κ3) is 8.63. The SMILES string of the molecule is COC(=O)CN(C[C@H]1[C@H](NC(=O)OCc2ccccc2)CC(=O)O[C@@H]1C)C(=O)OC(C)(C)C. The molecule has 0 aliphatic carbocycles. The first-order valence-electron chi connectivity index (χ1n) is 10.7. The average molecular weight is 465 g/mol. The summed E-state index contributed by atoms with van der Waals surface area (Å²) in [5.41, 5.74) is 0.0319. The van der Waals surface area contributed by atoms with Crippen molar-refractivity contribution in [2.45, 2.75) is 58.5 Å². The van der Waals surface area contributed by atoms with Gasteiger partial charge in [0.1, 0.15) is 24.9 Å². The number of methoxy groups -OCH3 is 1. The van der Waals surface area contributed by atoms with Gasteiger partial charge in [0.25, 0.3) is 0 Å². The predicted molar refractivity (Wildman–Crippen MR) is 117 cm³/mol. The highest BCUT2D eigenvalue weighted by Gasteiger charge is 2.40. The Morgan fingerprint density at radius 2 is 1.85 bits per heavy atom. The predicted octanol–water partition coefficient (Wildman–Crippen LogP) is 2.64. The van der Waals surface area contributed by atoms with Crippen LogP contribution in [0.25, 0.3) is 0 Å². The molecule has 2 amide bonds. The number of cyclic esters (lactones) is 1. The van der Waals surface area contributed by atoms with E-state index in [-0.39, 0.29) is 26.1 Å². The summed E-state index contributed by atoms with van der Waals surface area (Å²) >= 11 is 0. The number of rotatable bonds is 7. The summed E-state index contributed by atoms with van der Waals surface area (Å²) in [6.45, 7) is 6.49. The van der Waals surface area contributed by atoms with Crippen LogP contribution in [-0.4, -0.2) is 67.0 Å². The Bertz CT molecular complexity index is 837. The van der Waals surface area contributed by atoms with E-state index in [4.69, 9.17) is 18.9 Å². The van der Waals surface area contributed by atoms with Gasteiger partial charge in [-0.3, -0.25) is 14.5 Å². The van der Waals surface area contributed by atoms with Gasteiger partial charge < -0.3 is 24.3 Å². The Balaban J connectivity index is 2.11. The van der Waals surface area contributed by atoms with Crippen molar-refractivity contribution in [1.82, 2.24) is 10.2 Å². The smallest absolute Gasteiger partial charge is 0.410 e. The number of carbonyl (C=O) groups is 4. The molecule has 1 aromatic rings. The number of alkyl carbamates (subject to hydrolysis) is 1. The molecule has 1 N–H and O–H groups in total. The number of benzene rings is 1. The Morgan fingerprint density at radius 3 is 2.45 bits per heavy atom. The lowest BCUT2D eigenvalue weighted by atomic mass is 9.89. The van der Waals surface area contributed by atoms with Crippen LogP contribution in [0.5, 0.6) is 0 Å². The highest BCUT2D eigenvalue weighted by Crippen LogP contribution is 2.25. The quantitative estimate of drug-likeness (QED) is 0.483. The molecule has 1 aliphatic rings. The third-order valence-corrected chi connectivity index (χ3v) is 4.97. The van der Waals surface area contributed by atoms with Crippen molar-refractivity contribution < 1.29 is 38.1 Å². The summed E-state index contributed by atoms with van der Waals surface area (Å²) in [7, 11) is 1.22.